The highest BCUT2D eigenvalue weighted by atomic mass is 16.5. The summed E-state index contributed by atoms with van der Waals surface area (Å²) in [5.74, 6) is 1.33. The average molecular weight is 533 g/mol. The number of rotatable bonds is 8. The summed E-state index contributed by atoms with van der Waals surface area (Å²) < 4.78 is 6.32. The van der Waals surface area contributed by atoms with Gasteiger partial charge in [0.05, 0.1) is 6.10 Å². The van der Waals surface area contributed by atoms with Crippen LogP contribution >= 0.6 is 0 Å². The second-order valence-electron chi connectivity index (χ2n) is 11.8. The third-order valence-corrected chi connectivity index (χ3v) is 8.66. The molecule has 39 heavy (non-hydrogen) atoms. The number of likely N-dealkylation sites (tertiary alicyclic amines) is 1. The summed E-state index contributed by atoms with van der Waals surface area (Å²) in [6, 6.07) is 15.1. The van der Waals surface area contributed by atoms with Crippen LogP contribution in [0.4, 0.5) is 5.69 Å². The molecule has 2 aromatic rings. The van der Waals surface area contributed by atoms with Gasteiger partial charge in [-0.15, -0.1) is 0 Å². The van der Waals surface area contributed by atoms with E-state index in [-0.39, 0.29) is 23.8 Å². The highest BCUT2D eigenvalue weighted by Crippen LogP contribution is 2.31. The number of nitrogens with one attached hydrogen (secondary N) is 1. The fourth-order valence-corrected chi connectivity index (χ4v) is 6.29. The molecule has 0 spiro atoms. The molecule has 210 valence electrons. The van der Waals surface area contributed by atoms with Crippen molar-refractivity contribution < 1.29 is 14.3 Å². The van der Waals surface area contributed by atoms with E-state index in [0.29, 0.717) is 19.0 Å². The molecule has 0 bridgehead atoms. The molecule has 3 aliphatic rings. The number of nitrogens with zero attached hydrogens (tertiary/aromatic N) is 3. The standard InChI is InChI=1S/C32H44N4O3/c1-23-18-28(12-9-27(23)22-35-17-15-33-24(2)20-35)34(3)32(38)26-10-13-29(14-11-26)39-30-7-4-6-25(19-30)21-36-16-5-8-31(36)37/h4,6-7,9,12,18-19,24,26,29,33H,5,8,10-11,13-17,20-22H2,1-3H3/t24-,26-,29-/m0/s1. The summed E-state index contributed by atoms with van der Waals surface area (Å²) >= 11 is 0. The van der Waals surface area contributed by atoms with E-state index >= 15 is 0 Å². The largest absolute Gasteiger partial charge is 0.490 e. The number of hydrogen-bond donors (Lipinski definition) is 1. The van der Waals surface area contributed by atoms with Crippen molar-refractivity contribution in [1.82, 2.24) is 15.1 Å². The van der Waals surface area contributed by atoms with Gasteiger partial charge >= 0.3 is 0 Å². The molecule has 1 saturated carbocycles. The highest BCUT2D eigenvalue weighted by molar-refractivity contribution is 5.94. The van der Waals surface area contributed by atoms with Crippen molar-refractivity contribution in [3.63, 3.8) is 0 Å². The second kappa shape index (κ2) is 12.5. The van der Waals surface area contributed by atoms with Crippen LogP contribution in [0.2, 0.25) is 0 Å². The zero-order valence-electron chi connectivity index (χ0n) is 23.8. The van der Waals surface area contributed by atoms with Gasteiger partial charge in [-0.2, -0.15) is 0 Å². The van der Waals surface area contributed by atoms with E-state index in [2.05, 4.69) is 54.4 Å². The SMILES string of the molecule is Cc1cc(N(C)C(=O)[C@H]2CC[C@H](Oc3cccc(CN4CCCC4=O)c3)CC2)ccc1CN1CCN[C@@H](C)C1. The Kier molecular flexibility index (Phi) is 8.88. The number of ether oxygens (including phenoxy) is 1. The van der Waals surface area contributed by atoms with Crippen LogP contribution in [0.1, 0.15) is 62.1 Å². The van der Waals surface area contributed by atoms with Crippen LogP contribution in [0.15, 0.2) is 42.5 Å². The Morgan fingerprint density at radius 3 is 2.62 bits per heavy atom. The molecule has 0 unspecified atom stereocenters. The molecule has 7 nitrogen and oxygen atoms in total. The van der Waals surface area contributed by atoms with Crippen molar-refractivity contribution in [3.8, 4) is 5.75 Å². The molecule has 1 N–H and O–H groups in total. The molecule has 2 aliphatic heterocycles. The van der Waals surface area contributed by atoms with E-state index in [1.807, 2.05) is 29.0 Å². The first-order chi connectivity index (χ1) is 18.9. The molecule has 3 fully saturated rings. The lowest BCUT2D eigenvalue weighted by Gasteiger charge is -2.32. The van der Waals surface area contributed by atoms with Crippen LogP contribution in [0.3, 0.4) is 0 Å². The number of anilines is 1. The zero-order valence-corrected chi connectivity index (χ0v) is 23.8. The van der Waals surface area contributed by atoms with E-state index < -0.39 is 0 Å². The van der Waals surface area contributed by atoms with Crippen LogP contribution in [-0.4, -0.2) is 67.0 Å². The molecule has 2 amide bonds. The van der Waals surface area contributed by atoms with Crippen LogP contribution in [0.25, 0.3) is 0 Å². The maximum absolute atomic E-state index is 13.4. The lowest BCUT2D eigenvalue weighted by atomic mass is 9.86. The quantitative estimate of drug-likeness (QED) is 0.542. The molecule has 1 aliphatic carbocycles. The Labute approximate surface area is 233 Å². The van der Waals surface area contributed by atoms with E-state index in [1.54, 1.807) is 0 Å². The molecule has 5 rings (SSSR count). The van der Waals surface area contributed by atoms with Crippen LogP contribution in [-0.2, 0) is 22.7 Å². The van der Waals surface area contributed by atoms with Gasteiger partial charge < -0.3 is 19.9 Å². The first kappa shape index (κ1) is 27.7. The van der Waals surface area contributed by atoms with Crippen molar-refractivity contribution in [2.75, 3.05) is 38.1 Å². The maximum Gasteiger partial charge on any atom is 0.229 e. The smallest absolute Gasteiger partial charge is 0.229 e. The van der Waals surface area contributed by atoms with E-state index in [1.165, 1.54) is 11.1 Å². The molecule has 2 heterocycles. The van der Waals surface area contributed by atoms with Crippen molar-refractivity contribution in [3.05, 3.63) is 59.2 Å². The van der Waals surface area contributed by atoms with Crippen molar-refractivity contribution in [2.45, 2.75) is 77.6 Å². The Morgan fingerprint density at radius 2 is 1.90 bits per heavy atom. The Morgan fingerprint density at radius 1 is 1.08 bits per heavy atom. The third kappa shape index (κ3) is 7.00. The summed E-state index contributed by atoms with van der Waals surface area (Å²) in [5.41, 5.74) is 4.66. The van der Waals surface area contributed by atoms with Crippen LogP contribution < -0.4 is 15.0 Å². The number of hydrogen-bond acceptors (Lipinski definition) is 5. The summed E-state index contributed by atoms with van der Waals surface area (Å²) in [6.45, 7) is 10.0. The number of carbonyl (C=O) groups is 2. The minimum Gasteiger partial charge on any atom is -0.490 e. The van der Waals surface area contributed by atoms with Crippen LogP contribution in [0.5, 0.6) is 5.75 Å². The van der Waals surface area contributed by atoms with Crippen molar-refractivity contribution in [2.24, 2.45) is 5.92 Å². The van der Waals surface area contributed by atoms with Gasteiger partial charge in [-0.1, -0.05) is 18.2 Å². The predicted octanol–water partition coefficient (Wildman–Crippen LogP) is 4.51. The number of amides is 2. The molecule has 2 saturated heterocycles. The number of benzene rings is 2. The summed E-state index contributed by atoms with van der Waals surface area (Å²) in [7, 11) is 1.91. The van der Waals surface area contributed by atoms with Crippen molar-refractivity contribution >= 4 is 17.5 Å². The minimum absolute atomic E-state index is 0.0321. The van der Waals surface area contributed by atoms with Gasteiger partial charge in [0.1, 0.15) is 5.75 Å². The second-order valence-corrected chi connectivity index (χ2v) is 11.8. The van der Waals surface area contributed by atoms with Gasteiger partial charge in [0.2, 0.25) is 11.8 Å². The normalized spacial score (nSPS) is 24.1. The third-order valence-electron chi connectivity index (χ3n) is 8.66. The highest BCUT2D eigenvalue weighted by Gasteiger charge is 2.30. The summed E-state index contributed by atoms with van der Waals surface area (Å²) in [5, 5.41) is 3.50. The molecule has 0 radical (unpaired) electrons. The van der Waals surface area contributed by atoms with Gasteiger partial charge in [-0.05, 0) is 86.9 Å². The van der Waals surface area contributed by atoms with Gasteiger partial charge in [0.15, 0.2) is 0 Å². The molecule has 0 aromatic heterocycles. The summed E-state index contributed by atoms with van der Waals surface area (Å²) in [4.78, 5) is 31.6. The van der Waals surface area contributed by atoms with Gasteiger partial charge in [0.25, 0.3) is 0 Å². The topological polar surface area (TPSA) is 65.1 Å². The summed E-state index contributed by atoms with van der Waals surface area (Å²) in [6.07, 6.45) is 5.17. The van der Waals surface area contributed by atoms with Gasteiger partial charge in [-0.25, -0.2) is 0 Å². The number of piperazine rings is 1. The average Bonchev–Trinajstić information content (AvgIpc) is 3.33. The fourth-order valence-electron chi connectivity index (χ4n) is 6.29. The van der Waals surface area contributed by atoms with Crippen molar-refractivity contribution in [1.29, 1.82) is 0 Å². The fraction of sp³-hybridized carbons (Fsp3) is 0.562. The molecule has 2 aromatic carbocycles. The molecular formula is C32H44N4O3. The molecule has 1 atom stereocenters. The van der Waals surface area contributed by atoms with E-state index in [9.17, 15) is 9.59 Å². The Balaban J connectivity index is 1.11. The Bertz CT molecular complexity index is 1160. The lowest BCUT2D eigenvalue weighted by molar-refractivity contribution is -0.128. The van der Waals surface area contributed by atoms with Gasteiger partial charge in [-0.3, -0.25) is 14.5 Å². The first-order valence-corrected chi connectivity index (χ1v) is 14.7. The first-order valence-electron chi connectivity index (χ1n) is 14.7. The van der Waals surface area contributed by atoms with E-state index in [0.717, 1.165) is 81.8 Å². The van der Waals surface area contributed by atoms with E-state index in [4.69, 9.17) is 4.74 Å². The van der Waals surface area contributed by atoms with Crippen LogP contribution in [0, 0.1) is 12.8 Å². The molecule has 7 heteroatoms. The minimum atomic E-state index is 0.0321. The predicted molar refractivity (Wildman–Crippen MR) is 155 cm³/mol. The number of aryl methyl sites for hydroxylation is 1. The maximum atomic E-state index is 13.4. The number of carbonyl (C=O) groups excluding carboxylic acids is 2. The van der Waals surface area contributed by atoms with Gasteiger partial charge in [0, 0.05) is 70.4 Å². The monoisotopic (exact) mass is 532 g/mol. The molecular weight excluding hydrogens is 488 g/mol. The zero-order chi connectivity index (χ0) is 27.4. The lowest BCUT2D eigenvalue weighted by Crippen LogP contribution is -2.48. The Hall–Kier alpha value is -2.90.